The number of azo groups is 1. The van der Waals surface area contributed by atoms with E-state index in [0.29, 0.717) is 0 Å². The van der Waals surface area contributed by atoms with E-state index in [2.05, 4.69) is 24.6 Å². The van der Waals surface area contributed by atoms with Crippen LogP contribution < -0.4 is 9.30 Å². The van der Waals surface area contributed by atoms with E-state index in [1.807, 2.05) is 115 Å². The first-order chi connectivity index (χ1) is 18.8. The quantitative estimate of drug-likeness (QED) is 0.0777. The molecule has 0 spiro atoms. The second-order valence-corrected chi connectivity index (χ2v) is 9.03. The zero-order valence-corrected chi connectivity index (χ0v) is 22.4. The fourth-order valence-electron chi connectivity index (χ4n) is 3.08. The Hall–Kier alpha value is -4.58. The number of methoxy groups -OCH3 is 1. The maximum atomic E-state index is 9.22. The third-order valence-corrected chi connectivity index (χ3v) is 5.52. The molecule has 1 aromatic heterocycles. The molecule has 0 N–H and O–H groups in total. The summed E-state index contributed by atoms with van der Waals surface area (Å²) in [4.78, 5) is 0. The van der Waals surface area contributed by atoms with Crippen LogP contribution in [0.25, 0.3) is 0 Å². The lowest BCUT2D eigenvalue weighted by Gasteiger charge is -2.04. The second kappa shape index (κ2) is 14.4. The number of ether oxygens (including phenoxy) is 1. The van der Waals surface area contributed by atoms with Gasteiger partial charge < -0.3 is 9.29 Å². The number of pyridine rings is 1. The lowest BCUT2D eigenvalue weighted by molar-refractivity contribution is -0.671. The Balaban J connectivity index is 0.000000631. The van der Waals surface area contributed by atoms with Gasteiger partial charge in [-0.15, -0.1) is 5.10 Å². The van der Waals surface area contributed by atoms with Gasteiger partial charge in [0, 0.05) is 23.3 Å². The number of aryl methyl sites for hydroxylation is 1. The summed E-state index contributed by atoms with van der Waals surface area (Å²) in [6.45, 7) is 0. The third-order valence-electron chi connectivity index (χ3n) is 5.11. The molecular weight excluding hydrogens is 518 g/mol. The van der Waals surface area contributed by atoms with E-state index in [1.165, 1.54) is 0 Å². The molecule has 0 aliphatic carbocycles. The van der Waals surface area contributed by atoms with Gasteiger partial charge in [0.05, 0.1) is 31.8 Å². The molecule has 0 aliphatic rings. The summed E-state index contributed by atoms with van der Waals surface area (Å²) in [5.41, 5.74) is 5.28. The van der Waals surface area contributed by atoms with Crippen LogP contribution in [0.3, 0.4) is 0 Å². The van der Waals surface area contributed by atoms with Gasteiger partial charge in [0.1, 0.15) is 18.5 Å². The van der Waals surface area contributed by atoms with E-state index in [1.54, 1.807) is 13.3 Å². The van der Waals surface area contributed by atoms with E-state index < -0.39 is 10.4 Å². The molecule has 0 aliphatic heterocycles. The predicted octanol–water partition coefficient (Wildman–Crippen LogP) is 4.90. The summed E-state index contributed by atoms with van der Waals surface area (Å²) < 4.78 is 38.2. The highest BCUT2D eigenvalue weighted by molar-refractivity contribution is 7.80. The maximum Gasteiger partial charge on any atom is 0.217 e. The van der Waals surface area contributed by atoms with Crippen molar-refractivity contribution < 1.29 is 26.5 Å². The summed E-state index contributed by atoms with van der Waals surface area (Å²) in [7, 11) is 0.0192. The van der Waals surface area contributed by atoms with Crippen molar-refractivity contribution in [1.82, 2.24) is 0 Å². The topological polar surface area (TPSA) is 129 Å². The first-order valence-electron chi connectivity index (χ1n) is 11.6. The third kappa shape index (κ3) is 10.0. The van der Waals surface area contributed by atoms with Gasteiger partial charge in [0.25, 0.3) is 0 Å². The molecule has 0 fully saturated rings. The summed E-state index contributed by atoms with van der Waals surface area (Å²) in [6.07, 6.45) is 5.73. The first-order valence-corrected chi connectivity index (χ1v) is 12.9. The minimum Gasteiger partial charge on any atom is -0.726 e. The van der Waals surface area contributed by atoms with Crippen LogP contribution in [-0.2, 0) is 21.6 Å². The molecule has 11 heteroatoms. The van der Waals surface area contributed by atoms with Crippen LogP contribution >= 0.6 is 0 Å². The highest BCUT2D eigenvalue weighted by atomic mass is 32.3. The smallest absolute Gasteiger partial charge is 0.217 e. The van der Waals surface area contributed by atoms with Gasteiger partial charge in [-0.3, -0.25) is 4.18 Å². The fourth-order valence-corrected chi connectivity index (χ4v) is 3.08. The number of hydrogen-bond donors (Lipinski definition) is 0. The van der Waals surface area contributed by atoms with Gasteiger partial charge in [-0.05, 0) is 42.0 Å². The van der Waals surface area contributed by atoms with Crippen molar-refractivity contribution in [1.29, 1.82) is 0 Å². The van der Waals surface area contributed by atoms with Crippen molar-refractivity contribution in [3.05, 3.63) is 120 Å². The number of benzene rings is 3. The average Bonchev–Trinajstić information content (AvgIpc) is 2.96. The Morgan fingerprint density at radius 2 is 1.31 bits per heavy atom. The SMILES string of the molecule is COS(=O)(=O)[O-].COc1ccc(N=Nc2ccc(/C=N/N=C(/c3ccccc3)c3cc[n+](C)cc3)cc2)cc1. The second-order valence-electron chi connectivity index (χ2n) is 7.88. The van der Waals surface area contributed by atoms with E-state index in [9.17, 15) is 13.0 Å². The van der Waals surface area contributed by atoms with E-state index in [4.69, 9.17) is 4.74 Å². The number of nitrogens with zero attached hydrogens (tertiary/aromatic N) is 5. The van der Waals surface area contributed by atoms with Gasteiger partial charge in [-0.2, -0.15) is 15.3 Å². The van der Waals surface area contributed by atoms with Crippen LogP contribution in [-0.4, -0.2) is 39.1 Å². The standard InChI is InChI=1S/C27H24N5O.CH4O4S/c1-32-18-16-23(17-19-32)27(22-6-4-3-5-7-22)31-28-20-21-8-10-24(11-9-21)29-30-25-12-14-26(33-2)15-13-25;1-5-6(2,3)4/h3-20H,1-2H3;1H3,(H,2,3,4)/q+1;/p-1. The molecular formula is C28H27N5O5S. The zero-order chi connectivity index (χ0) is 28.1. The lowest BCUT2D eigenvalue weighted by atomic mass is 10.0. The van der Waals surface area contributed by atoms with Gasteiger partial charge in [0.15, 0.2) is 12.4 Å². The lowest BCUT2D eigenvalue weighted by Crippen LogP contribution is -2.26. The molecule has 0 saturated carbocycles. The molecule has 0 atom stereocenters. The van der Waals surface area contributed by atoms with Gasteiger partial charge in [-0.1, -0.05) is 42.5 Å². The molecule has 3 aromatic carbocycles. The van der Waals surface area contributed by atoms with Gasteiger partial charge in [0.2, 0.25) is 10.4 Å². The molecule has 10 nitrogen and oxygen atoms in total. The molecule has 1 heterocycles. The molecule has 39 heavy (non-hydrogen) atoms. The number of hydrogen-bond acceptors (Lipinski definition) is 9. The predicted molar refractivity (Wildman–Crippen MR) is 148 cm³/mol. The van der Waals surface area contributed by atoms with Crippen molar-refractivity contribution in [2.75, 3.05) is 14.2 Å². The molecule has 0 radical (unpaired) electrons. The molecule has 4 aromatic rings. The van der Waals surface area contributed by atoms with Crippen LogP contribution in [0.15, 0.2) is 124 Å². The largest absolute Gasteiger partial charge is 0.726 e. The zero-order valence-electron chi connectivity index (χ0n) is 21.6. The van der Waals surface area contributed by atoms with Crippen molar-refractivity contribution in [2.45, 2.75) is 0 Å². The molecule has 0 bridgehead atoms. The van der Waals surface area contributed by atoms with Gasteiger partial charge >= 0.3 is 0 Å². The Morgan fingerprint density at radius 1 is 0.795 bits per heavy atom. The summed E-state index contributed by atoms with van der Waals surface area (Å²) >= 11 is 0. The average molecular weight is 546 g/mol. The highest BCUT2D eigenvalue weighted by Gasteiger charge is 2.08. The van der Waals surface area contributed by atoms with Crippen LogP contribution in [0, 0.1) is 0 Å². The Bertz CT molecular complexity index is 1520. The van der Waals surface area contributed by atoms with E-state index in [0.717, 1.165) is 46.6 Å². The number of rotatable bonds is 8. The van der Waals surface area contributed by atoms with Crippen molar-refractivity contribution in [3.8, 4) is 5.75 Å². The number of aromatic nitrogens is 1. The molecule has 200 valence electrons. The molecule has 0 unspecified atom stereocenters. The van der Waals surface area contributed by atoms with Crippen LogP contribution in [0.4, 0.5) is 11.4 Å². The summed E-state index contributed by atoms with van der Waals surface area (Å²) in [5.74, 6) is 0.789. The summed E-state index contributed by atoms with van der Waals surface area (Å²) in [5, 5.41) is 17.4. The van der Waals surface area contributed by atoms with Crippen molar-refractivity contribution in [2.24, 2.45) is 27.5 Å². The van der Waals surface area contributed by atoms with Crippen LogP contribution in [0.2, 0.25) is 0 Å². The maximum absolute atomic E-state index is 9.22. The molecule has 0 amide bonds. The van der Waals surface area contributed by atoms with E-state index in [-0.39, 0.29) is 0 Å². The normalized spacial score (nSPS) is 11.8. The highest BCUT2D eigenvalue weighted by Crippen LogP contribution is 2.21. The molecule has 4 rings (SSSR count). The minimum absolute atomic E-state index is 0.758. The van der Waals surface area contributed by atoms with Crippen molar-refractivity contribution in [3.63, 3.8) is 0 Å². The van der Waals surface area contributed by atoms with Gasteiger partial charge in [-0.25, -0.2) is 13.0 Å². The van der Waals surface area contributed by atoms with Crippen LogP contribution in [0.1, 0.15) is 16.7 Å². The summed E-state index contributed by atoms with van der Waals surface area (Å²) in [6, 6.07) is 29.2. The Labute approximate surface area is 227 Å². The van der Waals surface area contributed by atoms with Crippen molar-refractivity contribution >= 4 is 33.7 Å². The first kappa shape index (κ1) is 29.0. The Morgan fingerprint density at radius 3 is 1.82 bits per heavy atom. The Kier molecular flexibility index (Phi) is 10.7. The molecule has 0 saturated heterocycles. The fraction of sp³-hybridized carbons (Fsp3) is 0.107. The minimum atomic E-state index is -4.41. The van der Waals surface area contributed by atoms with Crippen LogP contribution in [0.5, 0.6) is 5.75 Å². The monoisotopic (exact) mass is 545 g/mol. The van der Waals surface area contributed by atoms with E-state index >= 15 is 0 Å².